The van der Waals surface area contributed by atoms with E-state index in [1.807, 2.05) is 0 Å². The third kappa shape index (κ3) is 3.72. The van der Waals surface area contributed by atoms with Crippen LogP contribution in [0.1, 0.15) is 54.5 Å². The van der Waals surface area contributed by atoms with Crippen molar-refractivity contribution in [2.24, 2.45) is 5.92 Å². The molecule has 1 atom stereocenters. The fourth-order valence-electron chi connectivity index (χ4n) is 3.12. The molecule has 3 rings (SSSR count). The lowest BCUT2D eigenvalue weighted by atomic mass is 9.94. The molecule has 0 spiro atoms. The number of aromatic nitrogens is 3. The van der Waals surface area contributed by atoms with Crippen molar-refractivity contribution >= 4 is 5.91 Å². The Labute approximate surface area is 140 Å². The molecule has 24 heavy (non-hydrogen) atoms. The van der Waals surface area contributed by atoms with Crippen molar-refractivity contribution in [3.8, 4) is 0 Å². The number of nitrogens with zero attached hydrogens (tertiary/aromatic N) is 3. The standard InChI is InChI=1S/C17H22N4O3/c1-11(2)8-13-9-15(24-20-13)16(22)21-7-3-4-12(10-21)14-5-6-18-17(23)19-14/h5-6,9,11-12H,3-4,7-8,10H2,1-2H3,(H,18,19,23). The van der Waals surface area contributed by atoms with Gasteiger partial charge in [-0.2, -0.15) is 0 Å². The van der Waals surface area contributed by atoms with Gasteiger partial charge in [0.15, 0.2) is 0 Å². The van der Waals surface area contributed by atoms with Gasteiger partial charge in [-0.25, -0.2) is 9.78 Å². The number of aromatic amines is 1. The number of likely N-dealkylation sites (tertiary alicyclic amines) is 1. The molecular formula is C17H22N4O3. The van der Waals surface area contributed by atoms with Crippen molar-refractivity contribution < 1.29 is 9.32 Å². The molecule has 0 aromatic carbocycles. The molecule has 1 unspecified atom stereocenters. The number of piperidine rings is 1. The van der Waals surface area contributed by atoms with Crippen LogP contribution in [0.5, 0.6) is 0 Å². The minimum Gasteiger partial charge on any atom is -0.351 e. The molecule has 0 saturated carbocycles. The van der Waals surface area contributed by atoms with Gasteiger partial charge < -0.3 is 14.4 Å². The molecule has 3 heterocycles. The minimum absolute atomic E-state index is 0.108. The molecule has 1 aliphatic heterocycles. The smallest absolute Gasteiger partial charge is 0.345 e. The third-order valence-corrected chi connectivity index (χ3v) is 4.23. The van der Waals surface area contributed by atoms with Gasteiger partial charge in [0, 0.05) is 37.0 Å². The quantitative estimate of drug-likeness (QED) is 0.925. The second-order valence-electron chi connectivity index (χ2n) is 6.70. The molecule has 1 saturated heterocycles. The molecule has 1 aliphatic rings. The van der Waals surface area contributed by atoms with E-state index < -0.39 is 0 Å². The Balaban J connectivity index is 1.71. The maximum atomic E-state index is 12.7. The summed E-state index contributed by atoms with van der Waals surface area (Å²) in [7, 11) is 0. The van der Waals surface area contributed by atoms with Crippen molar-refractivity contribution in [1.82, 2.24) is 20.0 Å². The van der Waals surface area contributed by atoms with E-state index >= 15 is 0 Å². The molecule has 1 N–H and O–H groups in total. The molecule has 0 bridgehead atoms. The van der Waals surface area contributed by atoms with Crippen molar-refractivity contribution in [3.05, 3.63) is 46.0 Å². The number of rotatable bonds is 4. The first-order chi connectivity index (χ1) is 11.5. The number of hydrogen-bond donors (Lipinski definition) is 1. The van der Waals surface area contributed by atoms with Crippen molar-refractivity contribution in [2.45, 2.75) is 39.0 Å². The maximum Gasteiger partial charge on any atom is 0.345 e. The summed E-state index contributed by atoms with van der Waals surface area (Å²) in [5, 5.41) is 3.98. The van der Waals surface area contributed by atoms with Crippen LogP contribution in [-0.4, -0.2) is 39.0 Å². The van der Waals surface area contributed by atoms with Crippen LogP contribution in [0.2, 0.25) is 0 Å². The van der Waals surface area contributed by atoms with Crippen LogP contribution in [-0.2, 0) is 6.42 Å². The topological polar surface area (TPSA) is 92.1 Å². The summed E-state index contributed by atoms with van der Waals surface area (Å²) in [6.07, 6.45) is 4.10. The number of nitrogens with one attached hydrogen (secondary N) is 1. The average molecular weight is 330 g/mol. The number of amides is 1. The number of hydrogen-bond acceptors (Lipinski definition) is 5. The number of H-pyrrole nitrogens is 1. The summed E-state index contributed by atoms with van der Waals surface area (Å²) >= 11 is 0. The summed E-state index contributed by atoms with van der Waals surface area (Å²) in [5.41, 5.74) is 1.27. The highest BCUT2D eigenvalue weighted by Crippen LogP contribution is 2.26. The molecular weight excluding hydrogens is 308 g/mol. The van der Waals surface area contributed by atoms with Gasteiger partial charge in [-0.1, -0.05) is 19.0 Å². The molecule has 1 fully saturated rings. The lowest BCUT2D eigenvalue weighted by molar-refractivity contribution is 0.0663. The van der Waals surface area contributed by atoms with Gasteiger partial charge in [-0.3, -0.25) is 4.79 Å². The Bertz CT molecular complexity index is 765. The highest BCUT2D eigenvalue weighted by Gasteiger charge is 2.28. The minimum atomic E-state index is -0.357. The fourth-order valence-corrected chi connectivity index (χ4v) is 3.12. The van der Waals surface area contributed by atoms with Crippen molar-refractivity contribution in [1.29, 1.82) is 0 Å². The Morgan fingerprint density at radius 2 is 2.33 bits per heavy atom. The summed E-state index contributed by atoms with van der Waals surface area (Å²) in [6, 6.07) is 3.54. The lowest BCUT2D eigenvalue weighted by Crippen LogP contribution is -2.39. The average Bonchev–Trinajstić information content (AvgIpc) is 3.02. The normalized spacial score (nSPS) is 18.1. The van der Waals surface area contributed by atoms with E-state index in [1.165, 1.54) is 6.20 Å². The van der Waals surface area contributed by atoms with E-state index in [-0.39, 0.29) is 23.3 Å². The molecule has 1 amide bonds. The fraction of sp³-hybridized carbons (Fsp3) is 0.529. The second-order valence-corrected chi connectivity index (χ2v) is 6.70. The highest BCUT2D eigenvalue weighted by atomic mass is 16.5. The Morgan fingerprint density at radius 1 is 1.50 bits per heavy atom. The number of carbonyl (C=O) groups excluding carboxylic acids is 1. The molecule has 2 aromatic heterocycles. The van der Waals surface area contributed by atoms with Crippen LogP contribution in [0.4, 0.5) is 0 Å². The molecule has 7 heteroatoms. The first kappa shape index (κ1) is 16.4. The zero-order valence-electron chi connectivity index (χ0n) is 14.0. The largest absolute Gasteiger partial charge is 0.351 e. The van der Waals surface area contributed by atoms with Gasteiger partial charge in [0.1, 0.15) is 0 Å². The van der Waals surface area contributed by atoms with Crippen molar-refractivity contribution in [3.63, 3.8) is 0 Å². The summed E-state index contributed by atoms with van der Waals surface area (Å²) < 4.78 is 5.23. The van der Waals surface area contributed by atoms with E-state index in [2.05, 4.69) is 29.0 Å². The monoisotopic (exact) mass is 330 g/mol. The van der Waals surface area contributed by atoms with E-state index in [0.717, 1.165) is 30.7 Å². The van der Waals surface area contributed by atoms with Gasteiger partial charge in [-0.15, -0.1) is 0 Å². The SMILES string of the molecule is CC(C)Cc1cc(C(=O)N2CCCC(c3ccnc(=O)[nH]3)C2)on1. The summed E-state index contributed by atoms with van der Waals surface area (Å²) in [4.78, 5) is 32.2. The lowest BCUT2D eigenvalue weighted by Gasteiger charge is -2.31. The van der Waals surface area contributed by atoms with Gasteiger partial charge in [0.2, 0.25) is 5.76 Å². The van der Waals surface area contributed by atoms with E-state index in [9.17, 15) is 9.59 Å². The van der Waals surface area contributed by atoms with Crippen molar-refractivity contribution in [2.75, 3.05) is 13.1 Å². The third-order valence-electron chi connectivity index (χ3n) is 4.23. The van der Waals surface area contributed by atoms with Crippen LogP contribution < -0.4 is 5.69 Å². The molecule has 0 aliphatic carbocycles. The van der Waals surface area contributed by atoms with Crippen LogP contribution >= 0.6 is 0 Å². The number of carbonyl (C=O) groups is 1. The Kier molecular flexibility index (Phi) is 4.78. The predicted octanol–water partition coefficient (Wildman–Crippen LogP) is 1.98. The van der Waals surface area contributed by atoms with Gasteiger partial charge in [0.05, 0.1) is 5.69 Å². The summed E-state index contributed by atoms with van der Waals surface area (Å²) in [6.45, 7) is 5.44. The predicted molar refractivity (Wildman–Crippen MR) is 87.8 cm³/mol. The first-order valence-corrected chi connectivity index (χ1v) is 8.33. The van der Waals surface area contributed by atoms with E-state index in [4.69, 9.17) is 4.52 Å². The Morgan fingerprint density at radius 3 is 3.08 bits per heavy atom. The summed E-state index contributed by atoms with van der Waals surface area (Å²) in [5.74, 6) is 0.713. The molecule has 2 aromatic rings. The second kappa shape index (κ2) is 6.98. The molecule has 7 nitrogen and oxygen atoms in total. The van der Waals surface area contributed by atoms with E-state index in [0.29, 0.717) is 19.0 Å². The van der Waals surface area contributed by atoms with Gasteiger partial charge in [-0.05, 0) is 31.2 Å². The maximum absolute atomic E-state index is 12.7. The molecule has 0 radical (unpaired) electrons. The van der Waals surface area contributed by atoms with Crippen LogP contribution in [0.25, 0.3) is 0 Å². The zero-order chi connectivity index (χ0) is 17.1. The molecule has 128 valence electrons. The van der Waals surface area contributed by atoms with Crippen LogP contribution in [0.3, 0.4) is 0 Å². The van der Waals surface area contributed by atoms with Gasteiger partial charge >= 0.3 is 5.69 Å². The highest BCUT2D eigenvalue weighted by molar-refractivity contribution is 5.91. The zero-order valence-corrected chi connectivity index (χ0v) is 14.0. The Hall–Kier alpha value is -2.44. The first-order valence-electron chi connectivity index (χ1n) is 8.33. The van der Waals surface area contributed by atoms with E-state index in [1.54, 1.807) is 17.0 Å². The van der Waals surface area contributed by atoms with Crippen LogP contribution in [0.15, 0.2) is 27.6 Å². The van der Waals surface area contributed by atoms with Crippen LogP contribution in [0, 0.1) is 5.92 Å². The van der Waals surface area contributed by atoms with Gasteiger partial charge in [0.25, 0.3) is 5.91 Å².